The maximum Gasteiger partial charge on any atom is 0.237 e. The number of nitrogens with two attached hydrogens (primary N) is 1. The fraction of sp³-hybridized carbons (Fsp3) is 0. The highest BCUT2D eigenvalue weighted by molar-refractivity contribution is 6.32. The molecule has 3 aromatic rings. The zero-order valence-corrected chi connectivity index (χ0v) is 11.6. The molecule has 4 nitrogen and oxygen atoms in total. The number of para-hydroxylation sites is 1. The van der Waals surface area contributed by atoms with E-state index in [1.807, 2.05) is 24.3 Å². The monoisotopic (exact) mass is 295 g/mol. The summed E-state index contributed by atoms with van der Waals surface area (Å²) < 4.78 is 5.67. The third-order valence-corrected chi connectivity index (χ3v) is 3.28. The van der Waals surface area contributed by atoms with Gasteiger partial charge in [-0.1, -0.05) is 29.8 Å². The lowest BCUT2D eigenvalue weighted by Gasteiger charge is -2.09. The lowest BCUT2D eigenvalue weighted by Crippen LogP contribution is -1.95. The Morgan fingerprint density at radius 2 is 1.95 bits per heavy atom. The first-order valence-electron chi connectivity index (χ1n) is 6.20. The van der Waals surface area contributed by atoms with Gasteiger partial charge < -0.3 is 10.5 Å². The SMILES string of the molecule is N#Cc1cc2ccccc2nc1Oc1cc(N)ccc1Cl. The van der Waals surface area contributed by atoms with Crippen molar-refractivity contribution < 1.29 is 4.74 Å². The second-order valence-corrected chi connectivity index (χ2v) is 4.84. The van der Waals surface area contributed by atoms with Gasteiger partial charge in [-0.25, -0.2) is 4.98 Å². The molecule has 0 saturated carbocycles. The Labute approximate surface area is 126 Å². The number of fused-ring (bicyclic) bond motifs is 1. The highest BCUT2D eigenvalue weighted by Gasteiger charge is 2.11. The largest absolute Gasteiger partial charge is 0.436 e. The van der Waals surface area contributed by atoms with Crippen LogP contribution in [0.15, 0.2) is 48.5 Å². The predicted octanol–water partition coefficient (Wildman–Crippen LogP) is 4.13. The molecule has 1 heterocycles. The molecule has 5 heteroatoms. The molecule has 0 unspecified atom stereocenters. The smallest absolute Gasteiger partial charge is 0.237 e. The van der Waals surface area contributed by atoms with Gasteiger partial charge in [0.25, 0.3) is 0 Å². The molecule has 0 saturated heterocycles. The number of anilines is 1. The molecular formula is C16H10ClN3O. The number of rotatable bonds is 2. The second-order valence-electron chi connectivity index (χ2n) is 4.44. The number of nitrogen functional groups attached to an aromatic ring is 1. The Kier molecular flexibility index (Phi) is 3.35. The molecule has 0 atom stereocenters. The minimum Gasteiger partial charge on any atom is -0.436 e. The van der Waals surface area contributed by atoms with Crippen molar-refractivity contribution in [3.8, 4) is 17.7 Å². The van der Waals surface area contributed by atoms with Crippen LogP contribution >= 0.6 is 11.6 Å². The van der Waals surface area contributed by atoms with E-state index >= 15 is 0 Å². The Morgan fingerprint density at radius 3 is 2.76 bits per heavy atom. The summed E-state index contributed by atoms with van der Waals surface area (Å²) in [6.07, 6.45) is 0. The number of hydrogen-bond acceptors (Lipinski definition) is 4. The van der Waals surface area contributed by atoms with Crippen LogP contribution in [0.25, 0.3) is 10.9 Å². The lowest BCUT2D eigenvalue weighted by molar-refractivity contribution is 0.464. The molecule has 0 aliphatic carbocycles. The Morgan fingerprint density at radius 1 is 1.14 bits per heavy atom. The molecule has 0 aliphatic rings. The summed E-state index contributed by atoms with van der Waals surface area (Å²) in [5.41, 5.74) is 7.32. The molecule has 0 spiro atoms. The van der Waals surface area contributed by atoms with Crippen LogP contribution in [0.3, 0.4) is 0 Å². The fourth-order valence-electron chi connectivity index (χ4n) is 1.96. The molecular weight excluding hydrogens is 286 g/mol. The minimum absolute atomic E-state index is 0.212. The van der Waals surface area contributed by atoms with Crippen LogP contribution in [0.4, 0.5) is 5.69 Å². The van der Waals surface area contributed by atoms with Gasteiger partial charge in [-0.05, 0) is 24.3 Å². The molecule has 0 radical (unpaired) electrons. The van der Waals surface area contributed by atoms with E-state index in [0.717, 1.165) is 10.9 Å². The van der Waals surface area contributed by atoms with Crippen LogP contribution in [0.2, 0.25) is 5.02 Å². The maximum absolute atomic E-state index is 9.25. The minimum atomic E-state index is 0.212. The van der Waals surface area contributed by atoms with Crippen molar-refractivity contribution in [2.75, 3.05) is 5.73 Å². The third-order valence-electron chi connectivity index (χ3n) is 2.97. The third kappa shape index (κ3) is 2.60. The van der Waals surface area contributed by atoms with Gasteiger partial charge in [0.2, 0.25) is 5.88 Å². The molecule has 102 valence electrons. The Hall–Kier alpha value is -2.77. The van der Waals surface area contributed by atoms with Gasteiger partial charge in [-0.15, -0.1) is 0 Å². The highest BCUT2D eigenvalue weighted by Crippen LogP contribution is 2.32. The molecule has 0 bridgehead atoms. The van der Waals surface area contributed by atoms with Gasteiger partial charge >= 0.3 is 0 Å². The summed E-state index contributed by atoms with van der Waals surface area (Å²) in [7, 11) is 0. The second kappa shape index (κ2) is 5.31. The molecule has 2 N–H and O–H groups in total. The van der Waals surface area contributed by atoms with Crippen molar-refractivity contribution in [2.45, 2.75) is 0 Å². The fourth-order valence-corrected chi connectivity index (χ4v) is 2.11. The van der Waals surface area contributed by atoms with Gasteiger partial charge in [0.1, 0.15) is 17.4 Å². The first kappa shape index (κ1) is 13.2. The predicted molar refractivity (Wildman–Crippen MR) is 82.4 cm³/mol. The first-order chi connectivity index (χ1) is 10.2. The summed E-state index contributed by atoms with van der Waals surface area (Å²) in [6.45, 7) is 0. The first-order valence-corrected chi connectivity index (χ1v) is 6.58. The number of aromatic nitrogens is 1. The van der Waals surface area contributed by atoms with Crippen molar-refractivity contribution >= 4 is 28.2 Å². The van der Waals surface area contributed by atoms with Crippen LogP contribution in [-0.2, 0) is 0 Å². The van der Waals surface area contributed by atoms with Gasteiger partial charge in [-0.3, -0.25) is 0 Å². The standard InChI is InChI=1S/C16H10ClN3O/c17-13-6-5-12(19)8-15(13)21-16-11(9-18)7-10-3-1-2-4-14(10)20-16/h1-8H,19H2. The molecule has 2 aromatic carbocycles. The van der Waals surface area contributed by atoms with Crippen LogP contribution in [0.5, 0.6) is 11.6 Å². The summed E-state index contributed by atoms with van der Waals surface area (Å²) in [6, 6.07) is 16.2. The van der Waals surface area contributed by atoms with Crippen molar-refractivity contribution in [3.05, 3.63) is 59.1 Å². The van der Waals surface area contributed by atoms with Gasteiger partial charge in [-0.2, -0.15) is 5.26 Å². The van der Waals surface area contributed by atoms with E-state index in [9.17, 15) is 5.26 Å². The molecule has 1 aromatic heterocycles. The van der Waals surface area contributed by atoms with E-state index in [4.69, 9.17) is 22.1 Å². The van der Waals surface area contributed by atoms with E-state index in [1.165, 1.54) is 0 Å². The number of halogens is 1. The number of ether oxygens (including phenoxy) is 1. The Bertz CT molecular complexity index is 871. The number of hydrogen-bond donors (Lipinski definition) is 1. The van der Waals surface area contributed by atoms with Crippen LogP contribution in [-0.4, -0.2) is 4.98 Å². The highest BCUT2D eigenvalue weighted by atomic mass is 35.5. The normalized spacial score (nSPS) is 10.3. The van der Waals surface area contributed by atoms with E-state index in [2.05, 4.69) is 11.1 Å². The molecule has 21 heavy (non-hydrogen) atoms. The van der Waals surface area contributed by atoms with Crippen LogP contribution in [0, 0.1) is 11.3 Å². The summed E-state index contributed by atoms with van der Waals surface area (Å²) in [5, 5.41) is 10.5. The molecule has 0 amide bonds. The van der Waals surface area contributed by atoms with Gasteiger partial charge in [0.15, 0.2) is 0 Å². The number of benzene rings is 2. The van der Waals surface area contributed by atoms with Crippen molar-refractivity contribution in [3.63, 3.8) is 0 Å². The van der Waals surface area contributed by atoms with Crippen LogP contribution < -0.4 is 10.5 Å². The van der Waals surface area contributed by atoms with Crippen molar-refractivity contribution in [1.29, 1.82) is 5.26 Å². The van der Waals surface area contributed by atoms with Gasteiger partial charge in [0, 0.05) is 17.1 Å². The maximum atomic E-state index is 9.25. The Balaban J connectivity index is 2.11. The molecule has 0 fully saturated rings. The van der Waals surface area contributed by atoms with Crippen molar-refractivity contribution in [1.82, 2.24) is 4.98 Å². The van der Waals surface area contributed by atoms with E-state index < -0.39 is 0 Å². The summed E-state index contributed by atoms with van der Waals surface area (Å²) in [4.78, 5) is 4.37. The van der Waals surface area contributed by atoms with Gasteiger partial charge in [0.05, 0.1) is 10.5 Å². The van der Waals surface area contributed by atoms with E-state index in [1.54, 1.807) is 24.3 Å². The average Bonchev–Trinajstić information content (AvgIpc) is 2.50. The molecule has 0 aliphatic heterocycles. The van der Waals surface area contributed by atoms with Crippen LogP contribution in [0.1, 0.15) is 5.56 Å². The number of nitrogens with zero attached hydrogens (tertiary/aromatic N) is 2. The quantitative estimate of drug-likeness (QED) is 0.721. The lowest BCUT2D eigenvalue weighted by atomic mass is 10.1. The number of nitriles is 1. The summed E-state index contributed by atoms with van der Waals surface area (Å²) in [5.74, 6) is 0.583. The van der Waals surface area contributed by atoms with Crippen molar-refractivity contribution in [2.24, 2.45) is 0 Å². The average molecular weight is 296 g/mol. The number of pyridine rings is 1. The summed E-state index contributed by atoms with van der Waals surface area (Å²) >= 11 is 6.07. The zero-order valence-electron chi connectivity index (χ0n) is 10.9. The van der Waals surface area contributed by atoms with E-state index in [-0.39, 0.29) is 5.88 Å². The van der Waals surface area contributed by atoms with E-state index in [0.29, 0.717) is 22.0 Å². The topological polar surface area (TPSA) is 71.9 Å². The molecule has 3 rings (SSSR count). The zero-order chi connectivity index (χ0) is 14.8.